The van der Waals surface area contributed by atoms with Crippen LogP contribution in [-0.2, 0) is 52.5 Å². The number of fused-ring (bicyclic) bond motifs is 4. The molecule has 0 aromatic rings. The maximum atomic E-state index is 12.4. The molecule has 5 saturated heterocycles. The maximum Gasteiger partial charge on any atom is 0.397 e. The number of hydrogen-bond acceptors (Lipinski definition) is 19. The quantitative estimate of drug-likeness (QED) is 0.0764. The SMILES string of the molecule is CC(C)=C[C@@H]1CO[C@]23C[C@]4(CO2)[C@H](CC[C@@H]2[C@@]5(C)CC[C@H](O[C@@H]6OC[C@H](O)[C@H](O[C@@H]7O[C@H](COS(=O)(=O)O)[C@@H](O)[C@H](O)[C@H]7O)[C@H]6O[C@@H]6O[C@@H](CO)[C@H](O)[C@H]6O)C(C)(C)[C@@H]5CC[C@]24C)[C@H]3[C@@]1(C)O. The molecule has 5 heterocycles. The lowest BCUT2D eigenvalue weighted by molar-refractivity contribution is -0.375. The van der Waals surface area contributed by atoms with E-state index in [0.717, 1.165) is 44.1 Å². The van der Waals surface area contributed by atoms with Gasteiger partial charge in [0.2, 0.25) is 0 Å². The topological polar surface area (TPSA) is 299 Å². The molecule has 9 aliphatic rings. The average molecular weight is 979 g/mol. The van der Waals surface area contributed by atoms with Crippen LogP contribution >= 0.6 is 0 Å². The molecule has 9 fully saturated rings. The highest BCUT2D eigenvalue weighted by atomic mass is 32.3. The second-order valence-electron chi connectivity index (χ2n) is 22.9. The molecule has 0 aromatic heterocycles. The van der Waals surface area contributed by atoms with Crippen molar-refractivity contribution in [3.63, 3.8) is 0 Å². The van der Waals surface area contributed by atoms with Crippen LogP contribution in [0.5, 0.6) is 0 Å². The van der Waals surface area contributed by atoms with Gasteiger partial charge >= 0.3 is 10.4 Å². The largest absolute Gasteiger partial charge is 0.397 e. The first-order valence-electron chi connectivity index (χ1n) is 24.1. The zero-order valence-electron chi connectivity index (χ0n) is 39.5. The summed E-state index contributed by atoms with van der Waals surface area (Å²) < 4.78 is 86.6. The van der Waals surface area contributed by atoms with Crippen LogP contribution in [0.3, 0.4) is 0 Å². The summed E-state index contributed by atoms with van der Waals surface area (Å²) in [6.07, 6.45) is -13.6. The van der Waals surface area contributed by atoms with Gasteiger partial charge in [0, 0.05) is 23.7 Å². The van der Waals surface area contributed by atoms with Gasteiger partial charge in [0.1, 0.15) is 61.0 Å². The Labute approximate surface area is 392 Å². The van der Waals surface area contributed by atoms with Crippen molar-refractivity contribution in [2.45, 2.75) is 191 Å². The number of ether oxygens (including phenoxy) is 8. The van der Waals surface area contributed by atoms with Gasteiger partial charge in [-0.3, -0.25) is 4.55 Å². The van der Waals surface area contributed by atoms with Gasteiger partial charge in [-0.05, 0) is 93.3 Å². The van der Waals surface area contributed by atoms with Gasteiger partial charge in [0.15, 0.2) is 24.7 Å². The first kappa shape index (κ1) is 50.9. The highest BCUT2D eigenvalue weighted by Crippen LogP contribution is 2.80. The van der Waals surface area contributed by atoms with E-state index in [2.05, 4.69) is 51.8 Å². The molecule has 20 nitrogen and oxygen atoms in total. The van der Waals surface area contributed by atoms with Gasteiger partial charge in [0.25, 0.3) is 0 Å². The number of rotatable bonds is 11. The summed E-state index contributed by atoms with van der Waals surface area (Å²) in [6.45, 7) is 14.4. The van der Waals surface area contributed by atoms with Crippen molar-refractivity contribution in [3.8, 4) is 0 Å². The smallest absolute Gasteiger partial charge is 0.394 e. The highest BCUT2D eigenvalue weighted by Gasteiger charge is 2.81. The molecule has 5 aliphatic heterocycles. The summed E-state index contributed by atoms with van der Waals surface area (Å²) in [5.41, 5.74) is -0.718. The van der Waals surface area contributed by atoms with Gasteiger partial charge in [-0.25, -0.2) is 4.18 Å². The first-order chi connectivity index (χ1) is 31.2. The fourth-order valence-corrected chi connectivity index (χ4v) is 16.0. The van der Waals surface area contributed by atoms with Gasteiger partial charge < -0.3 is 78.7 Å². The van der Waals surface area contributed by atoms with Crippen molar-refractivity contribution in [2.24, 2.45) is 51.2 Å². The predicted octanol–water partition coefficient (Wildman–Crippen LogP) is 0.290. The zero-order valence-corrected chi connectivity index (χ0v) is 40.3. The van der Waals surface area contributed by atoms with Crippen molar-refractivity contribution in [1.29, 1.82) is 0 Å². The van der Waals surface area contributed by atoms with Crippen molar-refractivity contribution in [1.82, 2.24) is 0 Å². The third kappa shape index (κ3) is 8.04. The summed E-state index contributed by atoms with van der Waals surface area (Å²) in [4.78, 5) is 0. The molecule has 384 valence electrons. The summed E-state index contributed by atoms with van der Waals surface area (Å²) in [7, 11) is -5.01. The van der Waals surface area contributed by atoms with Crippen molar-refractivity contribution in [3.05, 3.63) is 11.6 Å². The molecule has 9 rings (SSSR count). The Hall–Kier alpha value is -1.03. The van der Waals surface area contributed by atoms with Gasteiger partial charge in [0.05, 0.1) is 44.7 Å². The van der Waals surface area contributed by atoms with Crippen molar-refractivity contribution >= 4 is 10.4 Å². The Morgan fingerprint density at radius 2 is 1.40 bits per heavy atom. The van der Waals surface area contributed by atoms with Crippen LogP contribution in [0.2, 0.25) is 0 Å². The van der Waals surface area contributed by atoms with E-state index in [-0.39, 0.29) is 46.5 Å². The van der Waals surface area contributed by atoms with Crippen LogP contribution in [0.4, 0.5) is 0 Å². The summed E-state index contributed by atoms with van der Waals surface area (Å²) in [6, 6.07) is 0. The number of hydrogen-bond donors (Lipinski definition) is 9. The third-order valence-corrected chi connectivity index (χ3v) is 19.3. The van der Waals surface area contributed by atoms with Gasteiger partial charge in [-0.2, -0.15) is 8.42 Å². The minimum atomic E-state index is -5.01. The summed E-state index contributed by atoms with van der Waals surface area (Å²) >= 11 is 0. The van der Waals surface area contributed by atoms with E-state index < -0.39 is 126 Å². The lowest BCUT2D eigenvalue weighted by Gasteiger charge is -2.70. The Morgan fingerprint density at radius 1 is 0.746 bits per heavy atom. The predicted molar refractivity (Wildman–Crippen MR) is 229 cm³/mol. The Morgan fingerprint density at radius 3 is 2.06 bits per heavy atom. The zero-order chi connectivity index (χ0) is 48.6. The van der Waals surface area contributed by atoms with Crippen LogP contribution in [-0.4, -0.2) is 184 Å². The molecule has 21 heteroatoms. The lowest BCUT2D eigenvalue weighted by atomic mass is 9.35. The highest BCUT2D eigenvalue weighted by molar-refractivity contribution is 7.80. The number of aliphatic hydroxyl groups excluding tert-OH is 7. The molecule has 0 radical (unpaired) electrons. The fourth-order valence-electron chi connectivity index (χ4n) is 15.7. The molecule has 4 saturated carbocycles. The fraction of sp³-hybridized carbons (Fsp3) is 0.957. The molecule has 0 unspecified atom stereocenters. The Balaban J connectivity index is 0.965. The minimum absolute atomic E-state index is 0.102. The second-order valence-corrected chi connectivity index (χ2v) is 24.0. The number of aliphatic hydroxyl groups is 8. The molecular weight excluding hydrogens is 905 g/mol. The minimum Gasteiger partial charge on any atom is -0.394 e. The summed E-state index contributed by atoms with van der Waals surface area (Å²) in [5, 5.41) is 87.7. The van der Waals surface area contributed by atoms with Crippen LogP contribution in [0, 0.1) is 51.2 Å². The second kappa shape index (κ2) is 17.6. The molecule has 24 atom stereocenters. The van der Waals surface area contributed by atoms with E-state index in [4.69, 9.17) is 42.4 Å². The van der Waals surface area contributed by atoms with Crippen LogP contribution in [0.15, 0.2) is 11.6 Å². The molecule has 2 spiro atoms. The first-order valence-corrected chi connectivity index (χ1v) is 25.5. The molecule has 2 bridgehead atoms. The van der Waals surface area contributed by atoms with E-state index in [1.54, 1.807) is 0 Å². The lowest BCUT2D eigenvalue weighted by Crippen LogP contribution is -2.68. The van der Waals surface area contributed by atoms with E-state index in [9.17, 15) is 49.3 Å². The van der Waals surface area contributed by atoms with E-state index in [1.807, 2.05) is 6.92 Å². The van der Waals surface area contributed by atoms with Crippen LogP contribution in [0.1, 0.15) is 93.4 Å². The molecule has 0 aromatic carbocycles. The summed E-state index contributed by atoms with van der Waals surface area (Å²) in [5.74, 6) is -0.349. The average Bonchev–Trinajstić information content (AvgIpc) is 3.88. The maximum absolute atomic E-state index is 12.4. The van der Waals surface area contributed by atoms with Gasteiger partial charge in [-0.1, -0.05) is 39.3 Å². The third-order valence-electron chi connectivity index (χ3n) is 18.9. The van der Waals surface area contributed by atoms with Crippen molar-refractivity contribution in [2.75, 3.05) is 33.0 Å². The van der Waals surface area contributed by atoms with E-state index in [0.29, 0.717) is 25.6 Å². The van der Waals surface area contributed by atoms with Crippen LogP contribution in [0.25, 0.3) is 0 Å². The standard InChI is InChI=1S/C46H74O20S/c1-21(2)14-22-16-59-46-19-45(20-60-46)23(37(46)44(22,7)54)8-9-28-42(5)12-11-29(41(3,4)27(42)10-13-43(28,45)6)64-40-36(66-38-33(52)30(49)25(15-47)62-38)35(24(48)17-58-40)65-39-34(53)32(51)31(50)26(63-39)18-61-67(55,56)57/h14,22-40,47-54H,8-13,15-20H2,1-7H3,(H,55,56,57)/t22-,23-,24+,25+,26-,27+,28-,29+,30+,31-,32+,33-,34-,35+,36-,37+,38+,39+,40+,42+,43-,44+,45+,46-/m1/s1. The molecule has 9 N–H and O–H groups in total. The van der Waals surface area contributed by atoms with Crippen molar-refractivity contribution < 1.29 is 95.9 Å². The Bertz CT molecular complexity index is 1970. The van der Waals surface area contributed by atoms with Gasteiger partial charge in [-0.15, -0.1) is 0 Å². The monoisotopic (exact) mass is 978 g/mol. The normalized spacial score (nSPS) is 54.7. The Kier molecular flexibility index (Phi) is 13.4. The molecular formula is C46H74O20S. The molecule has 4 aliphatic carbocycles. The molecule has 67 heavy (non-hydrogen) atoms. The molecule has 0 amide bonds. The van der Waals surface area contributed by atoms with E-state index in [1.165, 1.54) is 0 Å². The van der Waals surface area contributed by atoms with Crippen LogP contribution < -0.4 is 0 Å². The number of allylic oxidation sites excluding steroid dienone is 1. The van der Waals surface area contributed by atoms with E-state index >= 15 is 0 Å².